The third kappa shape index (κ3) is 25.7. The van der Waals surface area contributed by atoms with Crippen LogP contribution < -0.4 is 5.43 Å². The normalized spacial score (nSPS) is 10.6. The fourth-order valence-corrected chi connectivity index (χ4v) is 2.66. The summed E-state index contributed by atoms with van der Waals surface area (Å²) in [6, 6.07) is 0. The second kappa shape index (κ2) is 23.4. The molecule has 25 heavy (non-hydrogen) atoms. The maximum absolute atomic E-state index is 10.3. The van der Waals surface area contributed by atoms with E-state index in [1.165, 1.54) is 64.2 Å². The lowest BCUT2D eigenvalue weighted by Crippen LogP contribution is -2.37. The molecule has 0 atom stereocenters. The van der Waals surface area contributed by atoms with Crippen LogP contribution in [0.15, 0.2) is 0 Å². The molecule has 0 aliphatic rings. The largest absolute Gasteiger partial charge is 0.481 e. The van der Waals surface area contributed by atoms with Gasteiger partial charge in [0, 0.05) is 26.1 Å². The maximum Gasteiger partial charge on any atom is 0.303 e. The van der Waals surface area contributed by atoms with E-state index in [0.29, 0.717) is 6.42 Å². The Bertz CT molecular complexity index is 256. The number of aliphatic carboxylic acids is 1. The molecule has 0 heterocycles. The van der Waals surface area contributed by atoms with Crippen LogP contribution in [0.5, 0.6) is 0 Å². The van der Waals surface area contributed by atoms with Crippen molar-refractivity contribution in [2.75, 3.05) is 19.6 Å². The molecule has 0 bridgehead atoms. The molecule has 0 aliphatic carbocycles. The Morgan fingerprint density at radius 1 is 0.720 bits per heavy atom. The standard InChI is InChI=1S/C14H28O2.C7H18N2/c1-2-3-4-5-6-7-8-9-10-11-12-13-14(15)16;1-4-7-8-9(5-2)6-3/h2-13H2,1H3,(H,15,16);8H,4-7H2,1-3H3. The van der Waals surface area contributed by atoms with Gasteiger partial charge in [-0.3, -0.25) is 10.2 Å². The van der Waals surface area contributed by atoms with E-state index in [1.807, 2.05) is 0 Å². The number of rotatable bonds is 17. The van der Waals surface area contributed by atoms with Crippen LogP contribution in [0.25, 0.3) is 0 Å². The first-order chi connectivity index (χ1) is 12.1. The Balaban J connectivity index is 0. The van der Waals surface area contributed by atoms with E-state index in [4.69, 9.17) is 5.11 Å². The molecule has 2 N–H and O–H groups in total. The minimum Gasteiger partial charge on any atom is -0.481 e. The molecule has 0 amide bonds. The summed E-state index contributed by atoms with van der Waals surface area (Å²) < 4.78 is 0. The second-order valence-electron chi connectivity index (χ2n) is 6.76. The summed E-state index contributed by atoms with van der Waals surface area (Å²) in [6.45, 7) is 12.0. The summed E-state index contributed by atoms with van der Waals surface area (Å²) in [5, 5.41) is 10.7. The molecule has 0 unspecified atom stereocenters. The molecule has 0 aliphatic heterocycles. The van der Waals surface area contributed by atoms with Crippen molar-refractivity contribution in [3.8, 4) is 0 Å². The molecule has 0 aromatic heterocycles. The van der Waals surface area contributed by atoms with Gasteiger partial charge in [-0.1, -0.05) is 91.9 Å². The lowest BCUT2D eigenvalue weighted by molar-refractivity contribution is -0.137. The molecule has 0 saturated carbocycles. The van der Waals surface area contributed by atoms with Gasteiger partial charge in [-0.2, -0.15) is 0 Å². The number of carboxylic acid groups (broad SMARTS) is 1. The van der Waals surface area contributed by atoms with Crippen molar-refractivity contribution in [1.82, 2.24) is 10.4 Å². The average molecular weight is 359 g/mol. The van der Waals surface area contributed by atoms with Gasteiger partial charge in [0.15, 0.2) is 0 Å². The molecule has 152 valence electrons. The molecule has 4 nitrogen and oxygen atoms in total. The summed E-state index contributed by atoms with van der Waals surface area (Å²) in [5.41, 5.74) is 3.30. The highest BCUT2D eigenvalue weighted by Crippen LogP contribution is 2.11. The Kier molecular flexibility index (Phi) is 24.9. The van der Waals surface area contributed by atoms with Gasteiger partial charge in [0.1, 0.15) is 0 Å². The highest BCUT2D eigenvalue weighted by atomic mass is 16.4. The smallest absolute Gasteiger partial charge is 0.303 e. The summed E-state index contributed by atoms with van der Waals surface area (Å²) >= 11 is 0. The molecule has 0 radical (unpaired) electrons. The van der Waals surface area contributed by atoms with E-state index >= 15 is 0 Å². The number of carboxylic acids is 1. The van der Waals surface area contributed by atoms with E-state index < -0.39 is 5.97 Å². The number of nitrogens with one attached hydrogen (secondary N) is 1. The number of unbranched alkanes of at least 4 members (excludes halogenated alkanes) is 10. The third-order valence-electron chi connectivity index (χ3n) is 4.34. The van der Waals surface area contributed by atoms with Gasteiger partial charge in [-0.05, 0) is 12.8 Å². The Labute approximate surface area is 157 Å². The van der Waals surface area contributed by atoms with E-state index in [2.05, 4.69) is 38.1 Å². The average Bonchev–Trinajstić information content (AvgIpc) is 2.61. The lowest BCUT2D eigenvalue weighted by Gasteiger charge is -2.18. The predicted octanol–water partition coefficient (Wildman–Crippen LogP) is 6.01. The van der Waals surface area contributed by atoms with Gasteiger partial charge in [-0.25, -0.2) is 5.01 Å². The van der Waals surface area contributed by atoms with Crippen LogP contribution in [0.1, 0.15) is 111 Å². The van der Waals surface area contributed by atoms with Gasteiger partial charge in [0.2, 0.25) is 0 Å². The monoisotopic (exact) mass is 358 g/mol. The summed E-state index contributed by atoms with van der Waals surface area (Å²) in [5.74, 6) is -0.657. The van der Waals surface area contributed by atoms with Crippen molar-refractivity contribution in [2.45, 2.75) is 111 Å². The van der Waals surface area contributed by atoms with Crippen molar-refractivity contribution in [2.24, 2.45) is 0 Å². The van der Waals surface area contributed by atoms with Crippen molar-refractivity contribution in [1.29, 1.82) is 0 Å². The molecule has 0 saturated heterocycles. The van der Waals surface area contributed by atoms with E-state index in [9.17, 15) is 4.79 Å². The molecular weight excluding hydrogens is 312 g/mol. The van der Waals surface area contributed by atoms with Crippen molar-refractivity contribution < 1.29 is 9.90 Å². The molecule has 0 fully saturated rings. The zero-order valence-corrected chi connectivity index (χ0v) is 17.6. The number of hydrazine groups is 1. The van der Waals surface area contributed by atoms with Crippen LogP contribution in [0.4, 0.5) is 0 Å². The molecule has 0 rings (SSSR count). The Morgan fingerprint density at radius 3 is 1.52 bits per heavy atom. The highest BCUT2D eigenvalue weighted by Gasteiger charge is 1.96. The zero-order chi connectivity index (χ0) is 19.2. The summed E-state index contributed by atoms with van der Waals surface area (Å²) in [7, 11) is 0. The molecule has 0 aromatic rings. The first-order valence-corrected chi connectivity index (χ1v) is 10.8. The van der Waals surface area contributed by atoms with E-state index in [0.717, 1.165) is 32.5 Å². The van der Waals surface area contributed by atoms with Crippen LogP contribution >= 0.6 is 0 Å². The minimum absolute atomic E-state index is 0.344. The van der Waals surface area contributed by atoms with Crippen molar-refractivity contribution in [3.05, 3.63) is 0 Å². The SMILES string of the molecule is CCCCCCCCCCCCCC(=O)O.CCCNN(CC)CC. The quantitative estimate of drug-likeness (QED) is 0.247. The van der Waals surface area contributed by atoms with Gasteiger partial charge < -0.3 is 5.11 Å². The molecule has 0 aromatic carbocycles. The van der Waals surface area contributed by atoms with Crippen molar-refractivity contribution >= 4 is 5.97 Å². The van der Waals surface area contributed by atoms with Gasteiger partial charge in [0.05, 0.1) is 0 Å². The van der Waals surface area contributed by atoms with Crippen molar-refractivity contribution in [3.63, 3.8) is 0 Å². The molecular formula is C21H46N2O2. The van der Waals surface area contributed by atoms with Gasteiger partial charge in [0.25, 0.3) is 0 Å². The van der Waals surface area contributed by atoms with Crippen LogP contribution in [0.3, 0.4) is 0 Å². The maximum atomic E-state index is 10.3. The lowest BCUT2D eigenvalue weighted by atomic mass is 10.1. The van der Waals surface area contributed by atoms with Crippen LogP contribution in [-0.2, 0) is 4.79 Å². The third-order valence-corrected chi connectivity index (χ3v) is 4.34. The van der Waals surface area contributed by atoms with E-state index in [1.54, 1.807) is 0 Å². The highest BCUT2D eigenvalue weighted by molar-refractivity contribution is 5.66. The van der Waals surface area contributed by atoms with Crippen LogP contribution in [0.2, 0.25) is 0 Å². The number of hydrogen-bond donors (Lipinski definition) is 2. The Morgan fingerprint density at radius 2 is 1.16 bits per heavy atom. The number of hydrogen-bond acceptors (Lipinski definition) is 3. The molecule has 0 spiro atoms. The zero-order valence-electron chi connectivity index (χ0n) is 17.6. The minimum atomic E-state index is -0.657. The fraction of sp³-hybridized carbons (Fsp3) is 0.952. The number of carbonyl (C=O) groups is 1. The Hall–Kier alpha value is -0.610. The van der Waals surface area contributed by atoms with Crippen LogP contribution in [0, 0.1) is 0 Å². The first kappa shape index (κ1) is 26.6. The predicted molar refractivity (Wildman–Crippen MR) is 110 cm³/mol. The molecule has 4 heteroatoms. The van der Waals surface area contributed by atoms with Crippen LogP contribution in [-0.4, -0.2) is 35.7 Å². The van der Waals surface area contributed by atoms with E-state index in [-0.39, 0.29) is 0 Å². The topological polar surface area (TPSA) is 52.6 Å². The summed E-state index contributed by atoms with van der Waals surface area (Å²) in [4.78, 5) is 10.3. The van der Waals surface area contributed by atoms with Gasteiger partial charge in [-0.15, -0.1) is 0 Å². The second-order valence-corrected chi connectivity index (χ2v) is 6.76. The first-order valence-electron chi connectivity index (χ1n) is 10.8. The van der Waals surface area contributed by atoms with Gasteiger partial charge >= 0.3 is 5.97 Å². The summed E-state index contributed by atoms with van der Waals surface area (Å²) in [6.07, 6.45) is 15.6. The number of nitrogens with zero attached hydrogens (tertiary/aromatic N) is 1. The fourth-order valence-electron chi connectivity index (χ4n) is 2.66.